The summed E-state index contributed by atoms with van der Waals surface area (Å²) in [4.78, 5) is 12.3. The SMILES string of the molecule is CC(N/C=C(/C#N)C(=O)Nc1ccc(Cl)cc1Cl)C1CC2CCC1C2. The fourth-order valence-electron chi connectivity index (χ4n) is 4.17. The van der Waals surface area contributed by atoms with Crippen molar-refractivity contribution < 1.29 is 4.79 Å². The van der Waals surface area contributed by atoms with E-state index in [9.17, 15) is 10.1 Å². The number of benzene rings is 1. The first-order chi connectivity index (χ1) is 12.0. The Morgan fingerprint density at radius 3 is 2.76 bits per heavy atom. The van der Waals surface area contributed by atoms with Gasteiger partial charge in [0.15, 0.2) is 0 Å². The van der Waals surface area contributed by atoms with Gasteiger partial charge >= 0.3 is 0 Å². The number of nitrogens with zero attached hydrogens (tertiary/aromatic N) is 1. The van der Waals surface area contributed by atoms with Crippen LogP contribution in [0.4, 0.5) is 5.69 Å². The van der Waals surface area contributed by atoms with Crippen molar-refractivity contribution >= 4 is 34.8 Å². The summed E-state index contributed by atoms with van der Waals surface area (Å²) in [5, 5.41) is 16.0. The van der Waals surface area contributed by atoms with Crippen LogP contribution >= 0.6 is 23.2 Å². The molecule has 2 N–H and O–H groups in total. The highest BCUT2D eigenvalue weighted by molar-refractivity contribution is 6.36. The summed E-state index contributed by atoms with van der Waals surface area (Å²) in [7, 11) is 0. The number of anilines is 1. The minimum atomic E-state index is -0.487. The van der Waals surface area contributed by atoms with Crippen molar-refractivity contribution in [3.05, 3.63) is 40.0 Å². The Kier molecular flexibility index (Phi) is 5.56. The van der Waals surface area contributed by atoms with Gasteiger partial charge in [-0.15, -0.1) is 0 Å². The van der Waals surface area contributed by atoms with Gasteiger partial charge < -0.3 is 10.6 Å². The van der Waals surface area contributed by atoms with Gasteiger partial charge in [0.05, 0.1) is 10.7 Å². The topological polar surface area (TPSA) is 64.9 Å². The molecule has 0 spiro atoms. The zero-order valence-electron chi connectivity index (χ0n) is 14.1. The molecule has 2 bridgehead atoms. The van der Waals surface area contributed by atoms with Crippen molar-refractivity contribution in [1.29, 1.82) is 5.26 Å². The third-order valence-corrected chi connectivity index (χ3v) is 6.02. The van der Waals surface area contributed by atoms with E-state index in [4.69, 9.17) is 23.2 Å². The predicted molar refractivity (Wildman–Crippen MR) is 100 cm³/mol. The van der Waals surface area contributed by atoms with Gasteiger partial charge in [-0.05, 0) is 62.1 Å². The number of nitriles is 1. The Hall–Kier alpha value is -1.70. The summed E-state index contributed by atoms with van der Waals surface area (Å²) in [5.41, 5.74) is 0.458. The highest BCUT2D eigenvalue weighted by Crippen LogP contribution is 2.49. The van der Waals surface area contributed by atoms with Crippen molar-refractivity contribution in [3.8, 4) is 6.07 Å². The molecular formula is C19H21Cl2N3O. The van der Waals surface area contributed by atoms with Gasteiger partial charge in [0.2, 0.25) is 0 Å². The average molecular weight is 378 g/mol. The molecule has 132 valence electrons. The van der Waals surface area contributed by atoms with E-state index in [1.165, 1.54) is 31.9 Å². The maximum atomic E-state index is 12.3. The van der Waals surface area contributed by atoms with Crippen LogP contribution in [0.25, 0.3) is 0 Å². The van der Waals surface area contributed by atoms with Crippen LogP contribution in [0.1, 0.15) is 32.6 Å². The molecule has 2 saturated carbocycles. The number of carbonyl (C=O) groups excluding carboxylic acids is 1. The maximum Gasteiger partial charge on any atom is 0.267 e. The minimum absolute atomic E-state index is 0.0287. The van der Waals surface area contributed by atoms with Gasteiger partial charge in [-0.1, -0.05) is 29.6 Å². The maximum absolute atomic E-state index is 12.3. The highest BCUT2D eigenvalue weighted by atomic mass is 35.5. The van der Waals surface area contributed by atoms with Crippen LogP contribution in [-0.4, -0.2) is 11.9 Å². The van der Waals surface area contributed by atoms with E-state index in [-0.39, 0.29) is 11.6 Å². The molecule has 0 heterocycles. The van der Waals surface area contributed by atoms with E-state index in [2.05, 4.69) is 17.6 Å². The van der Waals surface area contributed by atoms with Crippen LogP contribution in [-0.2, 0) is 4.79 Å². The first kappa shape index (κ1) is 18.1. The predicted octanol–water partition coefficient (Wildman–Crippen LogP) is 4.75. The molecule has 1 aromatic rings. The molecule has 0 aromatic heterocycles. The van der Waals surface area contributed by atoms with E-state index in [1.54, 1.807) is 18.2 Å². The minimum Gasteiger partial charge on any atom is -0.387 e. The molecule has 2 fully saturated rings. The number of hydrogen-bond donors (Lipinski definition) is 2. The summed E-state index contributed by atoms with van der Waals surface area (Å²) >= 11 is 11.9. The second-order valence-corrected chi connectivity index (χ2v) is 7.89. The molecule has 2 aliphatic rings. The molecule has 4 nitrogen and oxygen atoms in total. The summed E-state index contributed by atoms with van der Waals surface area (Å²) in [5.74, 6) is 1.80. The Labute approximate surface area is 158 Å². The number of amides is 1. The molecule has 2 aliphatic carbocycles. The van der Waals surface area contributed by atoms with Gasteiger partial charge in [0.1, 0.15) is 11.6 Å². The quantitative estimate of drug-likeness (QED) is 0.574. The standard InChI is InChI=1S/C19H21Cl2N3O/c1-11(16-7-12-2-3-13(16)6-12)23-10-14(9-22)19(25)24-18-5-4-15(20)8-17(18)21/h4-5,8,10-13,16,23H,2-3,6-7H2,1H3,(H,24,25)/b14-10-. The molecule has 0 radical (unpaired) electrons. The normalized spacial score (nSPS) is 26.2. The summed E-state index contributed by atoms with van der Waals surface area (Å²) < 4.78 is 0. The Morgan fingerprint density at radius 2 is 2.16 bits per heavy atom. The van der Waals surface area contributed by atoms with Crippen molar-refractivity contribution in [2.45, 2.75) is 38.6 Å². The van der Waals surface area contributed by atoms with E-state index >= 15 is 0 Å². The van der Waals surface area contributed by atoms with Crippen LogP contribution in [0.15, 0.2) is 30.0 Å². The summed E-state index contributed by atoms with van der Waals surface area (Å²) in [6.45, 7) is 2.13. The van der Waals surface area contributed by atoms with Gasteiger partial charge in [-0.2, -0.15) is 5.26 Å². The van der Waals surface area contributed by atoms with Gasteiger partial charge in [-0.25, -0.2) is 0 Å². The number of halogens is 2. The van der Waals surface area contributed by atoms with Gasteiger partial charge in [-0.3, -0.25) is 4.79 Å². The fourth-order valence-corrected chi connectivity index (χ4v) is 4.63. The van der Waals surface area contributed by atoms with E-state index in [0.717, 1.165) is 11.8 Å². The zero-order chi connectivity index (χ0) is 18.0. The lowest BCUT2D eigenvalue weighted by atomic mass is 9.84. The second-order valence-electron chi connectivity index (χ2n) is 7.04. The average Bonchev–Trinajstić information content (AvgIpc) is 3.21. The number of carbonyl (C=O) groups is 1. The molecule has 4 atom stereocenters. The largest absolute Gasteiger partial charge is 0.387 e. The van der Waals surface area contributed by atoms with Crippen LogP contribution in [0.2, 0.25) is 10.0 Å². The molecular weight excluding hydrogens is 357 g/mol. The smallest absolute Gasteiger partial charge is 0.267 e. The monoisotopic (exact) mass is 377 g/mol. The Balaban J connectivity index is 1.61. The van der Waals surface area contributed by atoms with Crippen LogP contribution in [0.3, 0.4) is 0 Å². The molecule has 4 unspecified atom stereocenters. The second kappa shape index (κ2) is 7.68. The molecule has 1 amide bonds. The number of hydrogen-bond acceptors (Lipinski definition) is 3. The summed E-state index contributed by atoms with van der Waals surface area (Å²) in [6, 6.07) is 7.00. The van der Waals surface area contributed by atoms with E-state index < -0.39 is 5.91 Å². The molecule has 1 aromatic carbocycles. The lowest BCUT2D eigenvalue weighted by Gasteiger charge is -2.28. The highest BCUT2D eigenvalue weighted by Gasteiger charge is 2.41. The van der Waals surface area contributed by atoms with Crippen LogP contribution < -0.4 is 10.6 Å². The number of nitrogens with one attached hydrogen (secondary N) is 2. The Morgan fingerprint density at radius 1 is 1.36 bits per heavy atom. The fraction of sp³-hybridized carbons (Fsp3) is 0.474. The molecule has 6 heteroatoms. The first-order valence-corrected chi connectivity index (χ1v) is 9.36. The van der Waals surface area contributed by atoms with Crippen molar-refractivity contribution in [2.24, 2.45) is 17.8 Å². The third-order valence-electron chi connectivity index (χ3n) is 5.47. The van der Waals surface area contributed by atoms with Gasteiger partial charge in [0, 0.05) is 17.3 Å². The van der Waals surface area contributed by atoms with E-state index in [0.29, 0.717) is 21.7 Å². The molecule has 0 aliphatic heterocycles. The number of rotatable bonds is 5. The summed E-state index contributed by atoms with van der Waals surface area (Å²) in [6.07, 6.45) is 6.78. The van der Waals surface area contributed by atoms with Crippen LogP contribution in [0.5, 0.6) is 0 Å². The van der Waals surface area contributed by atoms with Crippen molar-refractivity contribution in [2.75, 3.05) is 5.32 Å². The molecule has 0 saturated heterocycles. The van der Waals surface area contributed by atoms with E-state index in [1.807, 2.05) is 6.07 Å². The molecule has 3 rings (SSSR count). The van der Waals surface area contributed by atoms with Gasteiger partial charge in [0.25, 0.3) is 5.91 Å². The number of fused-ring (bicyclic) bond motifs is 2. The first-order valence-electron chi connectivity index (χ1n) is 8.60. The Bertz CT molecular complexity index is 741. The zero-order valence-corrected chi connectivity index (χ0v) is 15.6. The lowest BCUT2D eigenvalue weighted by molar-refractivity contribution is -0.112. The van der Waals surface area contributed by atoms with Crippen molar-refractivity contribution in [1.82, 2.24) is 5.32 Å². The lowest BCUT2D eigenvalue weighted by Crippen LogP contribution is -2.34. The van der Waals surface area contributed by atoms with Crippen molar-refractivity contribution in [3.63, 3.8) is 0 Å². The van der Waals surface area contributed by atoms with Crippen LogP contribution in [0, 0.1) is 29.1 Å². The molecule has 25 heavy (non-hydrogen) atoms. The third kappa shape index (κ3) is 4.11.